The van der Waals surface area contributed by atoms with Gasteiger partial charge in [0.1, 0.15) is 5.52 Å². The molecule has 0 N–H and O–H groups in total. The zero-order valence-corrected chi connectivity index (χ0v) is 26.4. The van der Waals surface area contributed by atoms with Gasteiger partial charge in [-0.2, -0.15) is 0 Å². The lowest BCUT2D eigenvalue weighted by Crippen LogP contribution is -2.01. The number of oxazole rings is 1. The van der Waals surface area contributed by atoms with Crippen molar-refractivity contribution < 1.29 is 4.42 Å². The highest BCUT2D eigenvalue weighted by Crippen LogP contribution is 2.35. The van der Waals surface area contributed by atoms with Crippen LogP contribution in [0.25, 0.3) is 84.2 Å². The van der Waals surface area contributed by atoms with Gasteiger partial charge in [0.2, 0.25) is 5.89 Å². The minimum atomic E-state index is 0.526. The average Bonchev–Trinajstić information content (AvgIpc) is 3.71. The van der Waals surface area contributed by atoms with Gasteiger partial charge >= 0.3 is 0 Å². The number of aromatic nitrogens is 5. The zero-order chi connectivity index (χ0) is 32.2. The predicted molar refractivity (Wildman–Crippen MR) is 193 cm³/mol. The second-order valence-corrected chi connectivity index (χ2v) is 12.1. The minimum Gasteiger partial charge on any atom is -0.435 e. The van der Waals surface area contributed by atoms with Crippen LogP contribution in [0.5, 0.6) is 0 Å². The Balaban J connectivity index is 1.25. The average molecular weight is 620 g/mol. The second-order valence-electron chi connectivity index (χ2n) is 12.1. The number of nitrogens with zero attached hydrogens (tertiary/aromatic N) is 5. The Morgan fingerprint density at radius 3 is 1.81 bits per heavy atom. The Hall–Kier alpha value is -6.40. The Morgan fingerprint density at radius 1 is 0.479 bits per heavy atom. The van der Waals surface area contributed by atoms with E-state index in [0.29, 0.717) is 28.9 Å². The number of fused-ring (bicyclic) bond motifs is 4. The molecule has 0 amide bonds. The van der Waals surface area contributed by atoms with Gasteiger partial charge in [0, 0.05) is 33.2 Å². The summed E-state index contributed by atoms with van der Waals surface area (Å²) in [5, 5.41) is 2.43. The fraction of sp³-hybridized carbons (Fsp3) is 0.0476. The van der Waals surface area contributed by atoms with Crippen LogP contribution in [0.15, 0.2) is 144 Å². The molecule has 0 radical (unpaired) electrons. The van der Waals surface area contributed by atoms with Gasteiger partial charge in [-0.3, -0.25) is 0 Å². The molecule has 0 saturated heterocycles. The molecule has 6 nitrogen and oxygen atoms in total. The standard InChI is InChI=1S/C42H29N5O/c1-26-22-27(2)24-30(23-26)40-44-39(45-41(46-40)34-18-11-19-35-38(34)48-42(43-35)28-12-4-3-5-13-28)29-14-10-15-31(25-29)47-36-20-8-6-16-32(36)33-17-7-9-21-37(33)47/h3-25H,1-2H3. The van der Waals surface area contributed by atoms with Crippen LogP contribution in [0.3, 0.4) is 0 Å². The summed E-state index contributed by atoms with van der Waals surface area (Å²) in [6, 6.07) is 47.7. The topological polar surface area (TPSA) is 69.6 Å². The Morgan fingerprint density at radius 2 is 1.08 bits per heavy atom. The first-order chi connectivity index (χ1) is 23.6. The summed E-state index contributed by atoms with van der Waals surface area (Å²) in [4.78, 5) is 20.0. The summed E-state index contributed by atoms with van der Waals surface area (Å²) in [7, 11) is 0. The molecule has 0 atom stereocenters. The summed E-state index contributed by atoms with van der Waals surface area (Å²) in [6.07, 6.45) is 0. The van der Waals surface area contributed by atoms with E-state index in [1.165, 1.54) is 10.8 Å². The van der Waals surface area contributed by atoms with Crippen molar-refractivity contribution in [3.05, 3.63) is 151 Å². The Bertz CT molecular complexity index is 2580. The van der Waals surface area contributed by atoms with Crippen molar-refractivity contribution in [1.82, 2.24) is 24.5 Å². The van der Waals surface area contributed by atoms with Gasteiger partial charge in [-0.05, 0) is 74.5 Å². The molecular formula is C42H29N5O. The maximum atomic E-state index is 6.40. The lowest BCUT2D eigenvalue weighted by atomic mass is 10.1. The molecule has 48 heavy (non-hydrogen) atoms. The summed E-state index contributed by atoms with van der Waals surface area (Å²) in [5.74, 6) is 2.26. The van der Waals surface area contributed by atoms with Crippen molar-refractivity contribution in [1.29, 1.82) is 0 Å². The Kier molecular flexibility index (Phi) is 6.47. The van der Waals surface area contributed by atoms with Crippen molar-refractivity contribution in [3.63, 3.8) is 0 Å². The molecule has 0 aliphatic heterocycles. The molecule has 0 aliphatic rings. The monoisotopic (exact) mass is 619 g/mol. The Labute approximate surface area is 277 Å². The van der Waals surface area contributed by atoms with Crippen LogP contribution in [-0.4, -0.2) is 24.5 Å². The van der Waals surface area contributed by atoms with E-state index in [-0.39, 0.29) is 0 Å². The predicted octanol–water partition coefficient (Wildman–Crippen LogP) is 10.4. The lowest BCUT2D eigenvalue weighted by Gasteiger charge is -2.12. The second kappa shape index (κ2) is 11.1. The van der Waals surface area contributed by atoms with Gasteiger partial charge in [0.25, 0.3) is 0 Å². The maximum Gasteiger partial charge on any atom is 0.227 e. The van der Waals surface area contributed by atoms with E-state index >= 15 is 0 Å². The van der Waals surface area contributed by atoms with Crippen molar-refractivity contribution in [2.45, 2.75) is 13.8 Å². The van der Waals surface area contributed by atoms with Crippen LogP contribution in [0, 0.1) is 13.8 Å². The van der Waals surface area contributed by atoms with Crippen molar-refractivity contribution >= 4 is 32.9 Å². The molecule has 0 spiro atoms. The van der Waals surface area contributed by atoms with Crippen molar-refractivity contribution in [3.8, 4) is 51.3 Å². The highest BCUT2D eigenvalue weighted by Gasteiger charge is 2.19. The van der Waals surface area contributed by atoms with Gasteiger partial charge in [0.05, 0.1) is 16.6 Å². The first kappa shape index (κ1) is 27.9. The van der Waals surface area contributed by atoms with Gasteiger partial charge in [-0.15, -0.1) is 0 Å². The molecule has 9 rings (SSSR count). The number of benzene rings is 6. The van der Waals surface area contributed by atoms with Gasteiger partial charge in [0.15, 0.2) is 23.1 Å². The molecule has 3 heterocycles. The molecule has 9 aromatic rings. The van der Waals surface area contributed by atoms with Crippen LogP contribution in [0.1, 0.15) is 11.1 Å². The highest BCUT2D eigenvalue weighted by atomic mass is 16.3. The van der Waals surface area contributed by atoms with Crippen LogP contribution in [0.2, 0.25) is 0 Å². The molecule has 3 aromatic heterocycles. The van der Waals surface area contributed by atoms with E-state index < -0.39 is 0 Å². The molecule has 0 aliphatic carbocycles. The van der Waals surface area contributed by atoms with Gasteiger partial charge in [-0.1, -0.05) is 90.0 Å². The quantitative estimate of drug-likeness (QED) is 0.192. The lowest BCUT2D eigenvalue weighted by molar-refractivity contribution is 0.620. The third-order valence-corrected chi connectivity index (χ3v) is 8.73. The van der Waals surface area contributed by atoms with E-state index in [0.717, 1.165) is 55.6 Å². The fourth-order valence-electron chi connectivity index (χ4n) is 6.67. The van der Waals surface area contributed by atoms with Crippen molar-refractivity contribution in [2.24, 2.45) is 0 Å². The molecule has 228 valence electrons. The van der Waals surface area contributed by atoms with Crippen LogP contribution < -0.4 is 0 Å². The van der Waals surface area contributed by atoms with Crippen LogP contribution >= 0.6 is 0 Å². The summed E-state index contributed by atoms with van der Waals surface area (Å²) in [6.45, 7) is 4.18. The summed E-state index contributed by atoms with van der Waals surface area (Å²) < 4.78 is 8.71. The van der Waals surface area contributed by atoms with E-state index in [1.807, 2.05) is 48.5 Å². The van der Waals surface area contributed by atoms with Crippen LogP contribution in [0.4, 0.5) is 0 Å². The molecular weight excluding hydrogens is 590 g/mol. The number of aryl methyl sites for hydroxylation is 2. The van der Waals surface area contributed by atoms with E-state index in [1.54, 1.807) is 0 Å². The maximum absolute atomic E-state index is 6.40. The number of rotatable bonds is 5. The smallest absolute Gasteiger partial charge is 0.227 e. The number of hydrogen-bond acceptors (Lipinski definition) is 5. The molecule has 6 aromatic carbocycles. The zero-order valence-electron chi connectivity index (χ0n) is 26.4. The van der Waals surface area contributed by atoms with E-state index in [4.69, 9.17) is 24.4 Å². The van der Waals surface area contributed by atoms with E-state index in [9.17, 15) is 0 Å². The molecule has 6 heteroatoms. The molecule has 0 bridgehead atoms. The normalized spacial score (nSPS) is 11.5. The number of para-hydroxylation sites is 3. The van der Waals surface area contributed by atoms with E-state index in [2.05, 4.69) is 109 Å². The largest absolute Gasteiger partial charge is 0.435 e. The molecule has 0 fully saturated rings. The first-order valence-corrected chi connectivity index (χ1v) is 16.0. The SMILES string of the molecule is Cc1cc(C)cc(-c2nc(-c3cccc(-n4c5ccccc5c5ccccc54)c3)nc(-c3cccc4nc(-c5ccccc5)oc34)n2)c1. The summed E-state index contributed by atoms with van der Waals surface area (Å²) in [5.41, 5.74) is 10.5. The third-order valence-electron chi connectivity index (χ3n) is 8.73. The minimum absolute atomic E-state index is 0.526. The third kappa shape index (κ3) is 4.74. The van der Waals surface area contributed by atoms with Crippen LogP contribution in [-0.2, 0) is 0 Å². The molecule has 0 unspecified atom stereocenters. The summed E-state index contributed by atoms with van der Waals surface area (Å²) >= 11 is 0. The van der Waals surface area contributed by atoms with Gasteiger partial charge in [-0.25, -0.2) is 19.9 Å². The molecule has 0 saturated carbocycles. The highest BCUT2D eigenvalue weighted by molar-refractivity contribution is 6.09. The first-order valence-electron chi connectivity index (χ1n) is 16.0. The van der Waals surface area contributed by atoms with Crippen molar-refractivity contribution in [2.75, 3.05) is 0 Å². The number of hydrogen-bond donors (Lipinski definition) is 0. The fourth-order valence-corrected chi connectivity index (χ4v) is 6.67. The van der Waals surface area contributed by atoms with Gasteiger partial charge < -0.3 is 8.98 Å².